The van der Waals surface area contributed by atoms with E-state index in [2.05, 4.69) is 22.6 Å². The van der Waals surface area contributed by atoms with Gasteiger partial charge in [0.05, 0.1) is 13.4 Å². The minimum Gasteiger partial charge on any atom is -0.497 e. The molecule has 1 aromatic heterocycles. The number of methoxy groups -OCH3 is 1. The summed E-state index contributed by atoms with van der Waals surface area (Å²) in [6.45, 7) is 0. The van der Waals surface area contributed by atoms with Gasteiger partial charge in [0.2, 0.25) is 0 Å². The van der Waals surface area contributed by atoms with E-state index in [1.54, 1.807) is 13.4 Å². The number of hydrogen-bond acceptors (Lipinski definition) is 2. The summed E-state index contributed by atoms with van der Waals surface area (Å²) in [5, 5.41) is 0. The van der Waals surface area contributed by atoms with Crippen LogP contribution >= 0.6 is 22.6 Å². The van der Waals surface area contributed by atoms with Gasteiger partial charge in [0.15, 0.2) is 0 Å². The van der Waals surface area contributed by atoms with Crippen LogP contribution in [0.3, 0.4) is 0 Å². The summed E-state index contributed by atoms with van der Waals surface area (Å²) in [6, 6.07) is 9.75. The monoisotopic (exact) mass is 300 g/mol. The van der Waals surface area contributed by atoms with Crippen LogP contribution < -0.4 is 4.74 Å². The summed E-state index contributed by atoms with van der Waals surface area (Å²) in [5.74, 6) is 1.75. The molecular weight excluding hydrogens is 291 g/mol. The smallest absolute Gasteiger partial charge is 0.134 e. The zero-order valence-electron chi connectivity index (χ0n) is 7.66. The molecule has 1 aromatic carbocycles. The molecule has 2 nitrogen and oxygen atoms in total. The van der Waals surface area contributed by atoms with E-state index in [0.717, 1.165) is 20.6 Å². The lowest BCUT2D eigenvalue weighted by Crippen LogP contribution is -1.85. The molecule has 2 rings (SSSR count). The molecule has 0 fully saturated rings. The Balaban J connectivity index is 2.46. The van der Waals surface area contributed by atoms with Crippen LogP contribution in [0.1, 0.15) is 0 Å². The minimum atomic E-state index is 0.865. The van der Waals surface area contributed by atoms with Crippen molar-refractivity contribution >= 4 is 22.6 Å². The van der Waals surface area contributed by atoms with E-state index >= 15 is 0 Å². The molecule has 1 heterocycles. The lowest BCUT2D eigenvalue weighted by molar-refractivity contribution is 0.414. The molecule has 0 N–H and O–H groups in total. The van der Waals surface area contributed by atoms with Gasteiger partial charge in [-0.2, -0.15) is 0 Å². The number of halogens is 1. The Bertz CT molecular complexity index is 421. The quantitative estimate of drug-likeness (QED) is 0.791. The zero-order valence-corrected chi connectivity index (χ0v) is 9.82. The Labute approximate surface area is 96.0 Å². The highest BCUT2D eigenvalue weighted by atomic mass is 127. The summed E-state index contributed by atoms with van der Waals surface area (Å²) in [5.41, 5.74) is 1.09. The van der Waals surface area contributed by atoms with Gasteiger partial charge in [-0.05, 0) is 52.9 Å². The van der Waals surface area contributed by atoms with Crippen LogP contribution in [0.4, 0.5) is 0 Å². The van der Waals surface area contributed by atoms with Crippen molar-refractivity contribution in [2.24, 2.45) is 0 Å². The van der Waals surface area contributed by atoms with Gasteiger partial charge in [-0.15, -0.1) is 0 Å². The lowest BCUT2D eigenvalue weighted by Gasteiger charge is -2.04. The molecule has 0 unspecified atom stereocenters. The minimum absolute atomic E-state index is 0.865. The molecule has 0 aliphatic heterocycles. The Morgan fingerprint density at radius 3 is 2.71 bits per heavy atom. The highest BCUT2D eigenvalue weighted by Crippen LogP contribution is 2.28. The number of furan rings is 1. The molecule has 0 amide bonds. The van der Waals surface area contributed by atoms with Gasteiger partial charge in [0.1, 0.15) is 11.5 Å². The molecule has 0 aliphatic carbocycles. The van der Waals surface area contributed by atoms with E-state index in [-0.39, 0.29) is 0 Å². The molecule has 0 aliphatic rings. The van der Waals surface area contributed by atoms with Gasteiger partial charge >= 0.3 is 0 Å². The zero-order chi connectivity index (χ0) is 9.97. The van der Waals surface area contributed by atoms with Crippen molar-refractivity contribution in [3.8, 4) is 17.1 Å². The summed E-state index contributed by atoms with van der Waals surface area (Å²) < 4.78 is 11.6. The fraction of sp³-hybridized carbons (Fsp3) is 0.0909. The predicted octanol–water partition coefficient (Wildman–Crippen LogP) is 3.56. The first kappa shape index (κ1) is 9.58. The predicted molar refractivity (Wildman–Crippen MR) is 63.4 cm³/mol. The molecule has 0 radical (unpaired) electrons. The van der Waals surface area contributed by atoms with Crippen LogP contribution in [0.15, 0.2) is 41.0 Å². The Morgan fingerprint density at radius 1 is 1.29 bits per heavy atom. The van der Waals surface area contributed by atoms with Crippen LogP contribution in [0.2, 0.25) is 0 Å². The number of hydrogen-bond donors (Lipinski definition) is 0. The molecule has 0 spiro atoms. The van der Waals surface area contributed by atoms with E-state index in [0.29, 0.717) is 0 Å². The van der Waals surface area contributed by atoms with Gasteiger partial charge in [0, 0.05) is 9.13 Å². The van der Waals surface area contributed by atoms with Crippen molar-refractivity contribution in [2.75, 3.05) is 7.11 Å². The first-order valence-electron chi connectivity index (χ1n) is 4.18. The number of ether oxygens (including phenoxy) is 1. The average molecular weight is 300 g/mol. The lowest BCUT2D eigenvalue weighted by atomic mass is 10.2. The van der Waals surface area contributed by atoms with Gasteiger partial charge < -0.3 is 9.15 Å². The normalized spacial score (nSPS) is 10.1. The molecule has 0 bridgehead atoms. The van der Waals surface area contributed by atoms with E-state index in [1.807, 2.05) is 30.3 Å². The van der Waals surface area contributed by atoms with Crippen LogP contribution in [0, 0.1) is 3.57 Å². The second-order valence-corrected chi connectivity index (χ2v) is 3.99. The molecule has 72 valence electrons. The first-order valence-corrected chi connectivity index (χ1v) is 5.26. The summed E-state index contributed by atoms with van der Waals surface area (Å²) >= 11 is 2.27. The second kappa shape index (κ2) is 4.04. The van der Waals surface area contributed by atoms with Crippen molar-refractivity contribution in [1.82, 2.24) is 0 Å². The van der Waals surface area contributed by atoms with E-state index < -0.39 is 0 Å². The Kier molecular flexibility index (Phi) is 2.77. The third kappa shape index (κ3) is 1.77. The van der Waals surface area contributed by atoms with Crippen LogP contribution in [-0.4, -0.2) is 7.11 Å². The number of benzene rings is 1. The molecule has 14 heavy (non-hydrogen) atoms. The molecule has 0 atom stereocenters. The summed E-state index contributed by atoms with van der Waals surface area (Å²) in [4.78, 5) is 0. The standard InChI is InChI=1S/C11H9IO2/c1-13-8-4-5-9(10(12)7-8)11-3-2-6-14-11/h2-7H,1H3. The summed E-state index contributed by atoms with van der Waals surface area (Å²) in [7, 11) is 1.66. The fourth-order valence-corrected chi connectivity index (χ4v) is 2.01. The fourth-order valence-electron chi connectivity index (χ4n) is 1.25. The summed E-state index contributed by atoms with van der Waals surface area (Å²) in [6.07, 6.45) is 1.68. The van der Waals surface area contributed by atoms with Crippen molar-refractivity contribution in [1.29, 1.82) is 0 Å². The molecular formula is C11H9IO2. The van der Waals surface area contributed by atoms with Crippen molar-refractivity contribution < 1.29 is 9.15 Å². The van der Waals surface area contributed by atoms with Gasteiger partial charge in [-0.25, -0.2) is 0 Å². The molecule has 0 saturated heterocycles. The maximum atomic E-state index is 5.33. The maximum Gasteiger partial charge on any atom is 0.134 e. The van der Waals surface area contributed by atoms with E-state index in [9.17, 15) is 0 Å². The maximum absolute atomic E-state index is 5.33. The van der Waals surface area contributed by atoms with Gasteiger partial charge in [0.25, 0.3) is 0 Å². The average Bonchev–Trinajstić information content (AvgIpc) is 2.70. The van der Waals surface area contributed by atoms with E-state index in [4.69, 9.17) is 9.15 Å². The Hall–Kier alpha value is -0.970. The van der Waals surface area contributed by atoms with Crippen LogP contribution in [0.5, 0.6) is 5.75 Å². The highest BCUT2D eigenvalue weighted by molar-refractivity contribution is 14.1. The van der Waals surface area contributed by atoms with E-state index in [1.165, 1.54) is 0 Å². The topological polar surface area (TPSA) is 22.4 Å². The van der Waals surface area contributed by atoms with Gasteiger partial charge in [-0.3, -0.25) is 0 Å². The largest absolute Gasteiger partial charge is 0.497 e. The van der Waals surface area contributed by atoms with Crippen molar-refractivity contribution in [3.05, 3.63) is 40.2 Å². The highest BCUT2D eigenvalue weighted by Gasteiger charge is 2.06. The first-order chi connectivity index (χ1) is 6.81. The molecule has 0 saturated carbocycles. The van der Waals surface area contributed by atoms with Crippen molar-refractivity contribution in [3.63, 3.8) is 0 Å². The van der Waals surface area contributed by atoms with Crippen molar-refractivity contribution in [2.45, 2.75) is 0 Å². The SMILES string of the molecule is COc1ccc(-c2ccco2)c(I)c1. The number of rotatable bonds is 2. The third-order valence-corrected chi connectivity index (χ3v) is 2.86. The molecule has 3 heteroatoms. The third-order valence-electron chi connectivity index (χ3n) is 1.96. The molecule has 2 aromatic rings. The van der Waals surface area contributed by atoms with Gasteiger partial charge in [-0.1, -0.05) is 0 Å². The van der Waals surface area contributed by atoms with Crippen LogP contribution in [-0.2, 0) is 0 Å². The van der Waals surface area contributed by atoms with Crippen LogP contribution in [0.25, 0.3) is 11.3 Å². The second-order valence-electron chi connectivity index (χ2n) is 2.82. The Morgan fingerprint density at radius 2 is 2.14 bits per heavy atom.